The molecule has 2 aliphatic carbocycles. The average molecular weight is 337 g/mol. The molecular weight excluding hydrogens is 300 g/mol. The maximum atomic E-state index is 12.2. The summed E-state index contributed by atoms with van der Waals surface area (Å²) >= 11 is 0. The van der Waals surface area contributed by atoms with Gasteiger partial charge in [0.15, 0.2) is 0 Å². The second kappa shape index (κ2) is 8.87. The Hall–Kier alpha value is -1.06. The van der Waals surface area contributed by atoms with Gasteiger partial charge in [-0.25, -0.2) is 0 Å². The Kier molecular flexibility index (Phi) is 7.12. The van der Waals surface area contributed by atoms with Crippen molar-refractivity contribution in [2.24, 2.45) is 23.7 Å². The van der Waals surface area contributed by atoms with Crippen LogP contribution in [0.2, 0.25) is 0 Å². The molecule has 0 spiro atoms. The minimum atomic E-state index is 0.0289. The van der Waals surface area contributed by atoms with Crippen LogP contribution in [0.5, 0.6) is 0 Å². The topological polar surface area (TPSA) is 58.2 Å². The highest BCUT2D eigenvalue weighted by atomic mass is 16.2. The van der Waals surface area contributed by atoms with Gasteiger partial charge in [0.1, 0.15) is 0 Å². The van der Waals surface area contributed by atoms with Crippen molar-refractivity contribution < 1.29 is 9.59 Å². The summed E-state index contributed by atoms with van der Waals surface area (Å²) in [6, 6.07) is 0.562. The quantitative estimate of drug-likeness (QED) is 0.805. The van der Waals surface area contributed by atoms with Crippen molar-refractivity contribution in [3.8, 4) is 0 Å². The Morgan fingerprint density at radius 1 is 0.708 bits per heavy atom. The van der Waals surface area contributed by atoms with E-state index in [9.17, 15) is 9.59 Å². The van der Waals surface area contributed by atoms with Crippen molar-refractivity contribution in [2.45, 2.75) is 91.1 Å². The highest BCUT2D eigenvalue weighted by Crippen LogP contribution is 2.30. The summed E-state index contributed by atoms with van der Waals surface area (Å²) in [4.78, 5) is 24.4. The van der Waals surface area contributed by atoms with Crippen molar-refractivity contribution in [2.75, 3.05) is 0 Å². The molecule has 4 nitrogen and oxygen atoms in total. The third-order valence-electron chi connectivity index (χ3n) is 6.69. The van der Waals surface area contributed by atoms with Crippen LogP contribution in [0.25, 0.3) is 0 Å². The fourth-order valence-corrected chi connectivity index (χ4v) is 4.36. The average Bonchev–Trinajstić information content (AvgIpc) is 2.54. The van der Waals surface area contributed by atoms with E-state index in [0.717, 1.165) is 12.8 Å². The highest BCUT2D eigenvalue weighted by molar-refractivity contribution is 5.84. The molecule has 0 aliphatic heterocycles. The van der Waals surface area contributed by atoms with Crippen molar-refractivity contribution in [3.05, 3.63) is 0 Å². The Balaban J connectivity index is 1.70. The Morgan fingerprint density at radius 2 is 1.08 bits per heavy atom. The van der Waals surface area contributed by atoms with Crippen LogP contribution in [0, 0.1) is 23.7 Å². The van der Waals surface area contributed by atoms with E-state index in [2.05, 4.69) is 38.3 Å². The fraction of sp³-hybridized carbons (Fsp3) is 0.900. The van der Waals surface area contributed by atoms with Crippen molar-refractivity contribution in [3.63, 3.8) is 0 Å². The largest absolute Gasteiger partial charge is 0.353 e. The van der Waals surface area contributed by atoms with Gasteiger partial charge in [0.25, 0.3) is 0 Å². The lowest BCUT2D eigenvalue weighted by molar-refractivity contribution is -0.128. The lowest BCUT2D eigenvalue weighted by atomic mass is 9.78. The first-order valence-electron chi connectivity index (χ1n) is 9.97. The standard InChI is InChI=1S/C20H36N2O2/c1-13-7-5-9-17(15(13)3)21-19(23)11-12-20(24)22-18-10-6-8-14(2)16(18)4/h13-18H,5-12H2,1-4H3,(H,21,23)(H,22,24). The lowest BCUT2D eigenvalue weighted by Crippen LogP contribution is -2.45. The summed E-state index contributed by atoms with van der Waals surface area (Å²) in [6.07, 6.45) is 7.65. The molecule has 0 aromatic rings. The van der Waals surface area contributed by atoms with Gasteiger partial charge in [0.2, 0.25) is 11.8 Å². The van der Waals surface area contributed by atoms with Gasteiger partial charge in [-0.15, -0.1) is 0 Å². The Labute approximate surface area is 147 Å². The molecule has 2 amide bonds. The highest BCUT2D eigenvalue weighted by Gasteiger charge is 2.29. The molecule has 0 radical (unpaired) electrons. The van der Waals surface area contributed by atoms with E-state index >= 15 is 0 Å². The molecule has 2 saturated carbocycles. The first-order valence-corrected chi connectivity index (χ1v) is 9.97. The molecule has 2 N–H and O–H groups in total. The van der Waals surface area contributed by atoms with E-state index in [1.807, 2.05) is 0 Å². The monoisotopic (exact) mass is 336 g/mol. The maximum Gasteiger partial charge on any atom is 0.220 e. The number of rotatable bonds is 5. The van der Waals surface area contributed by atoms with Gasteiger partial charge in [-0.3, -0.25) is 9.59 Å². The number of nitrogens with one attached hydrogen (secondary N) is 2. The van der Waals surface area contributed by atoms with Gasteiger partial charge >= 0.3 is 0 Å². The molecule has 138 valence electrons. The molecule has 0 saturated heterocycles. The fourth-order valence-electron chi connectivity index (χ4n) is 4.36. The zero-order valence-corrected chi connectivity index (χ0v) is 15.9. The molecule has 0 heterocycles. The van der Waals surface area contributed by atoms with E-state index in [1.165, 1.54) is 25.7 Å². The van der Waals surface area contributed by atoms with Crippen LogP contribution in [0.3, 0.4) is 0 Å². The Bertz CT molecular complexity index is 397. The Morgan fingerprint density at radius 3 is 1.46 bits per heavy atom. The van der Waals surface area contributed by atoms with E-state index < -0.39 is 0 Å². The molecule has 24 heavy (non-hydrogen) atoms. The first kappa shape index (κ1) is 19.3. The van der Waals surface area contributed by atoms with Gasteiger partial charge in [0, 0.05) is 24.9 Å². The van der Waals surface area contributed by atoms with Crippen LogP contribution in [-0.2, 0) is 9.59 Å². The molecule has 6 unspecified atom stereocenters. The number of amides is 2. The molecule has 2 fully saturated rings. The van der Waals surface area contributed by atoms with E-state index in [4.69, 9.17) is 0 Å². The summed E-state index contributed by atoms with van der Waals surface area (Å²) in [7, 11) is 0. The third kappa shape index (κ3) is 5.22. The second-order valence-electron chi connectivity index (χ2n) is 8.38. The van der Waals surface area contributed by atoms with E-state index in [-0.39, 0.29) is 23.9 Å². The van der Waals surface area contributed by atoms with Crippen LogP contribution in [0.4, 0.5) is 0 Å². The number of carbonyl (C=O) groups excluding carboxylic acids is 2. The number of hydrogen-bond donors (Lipinski definition) is 2. The van der Waals surface area contributed by atoms with Crippen LogP contribution >= 0.6 is 0 Å². The summed E-state index contributed by atoms with van der Waals surface area (Å²) < 4.78 is 0. The summed E-state index contributed by atoms with van der Waals surface area (Å²) in [6.45, 7) is 8.99. The SMILES string of the molecule is CC1CCCC(NC(=O)CCC(=O)NC2CCCC(C)C2C)C1C. The second-order valence-corrected chi connectivity index (χ2v) is 8.38. The maximum absolute atomic E-state index is 12.2. The summed E-state index contributed by atoms with van der Waals surface area (Å²) in [5.74, 6) is 2.45. The van der Waals surface area contributed by atoms with Gasteiger partial charge in [0.05, 0.1) is 0 Å². The summed E-state index contributed by atoms with van der Waals surface area (Å²) in [5, 5.41) is 6.31. The molecule has 6 atom stereocenters. The normalized spacial score (nSPS) is 36.8. The van der Waals surface area contributed by atoms with Gasteiger partial charge in [-0.1, -0.05) is 53.4 Å². The van der Waals surface area contributed by atoms with E-state index in [1.54, 1.807) is 0 Å². The van der Waals surface area contributed by atoms with Crippen LogP contribution in [-0.4, -0.2) is 23.9 Å². The van der Waals surface area contributed by atoms with E-state index in [0.29, 0.717) is 36.5 Å². The predicted molar refractivity (Wildman–Crippen MR) is 97.5 cm³/mol. The van der Waals surface area contributed by atoms with Gasteiger partial charge < -0.3 is 10.6 Å². The predicted octanol–water partition coefficient (Wildman–Crippen LogP) is 3.65. The van der Waals surface area contributed by atoms with Crippen LogP contribution < -0.4 is 10.6 Å². The number of hydrogen-bond acceptors (Lipinski definition) is 2. The molecule has 0 bridgehead atoms. The molecule has 2 rings (SSSR count). The molecular formula is C20H36N2O2. The number of carbonyl (C=O) groups is 2. The van der Waals surface area contributed by atoms with Crippen molar-refractivity contribution >= 4 is 11.8 Å². The zero-order valence-electron chi connectivity index (χ0n) is 15.9. The van der Waals surface area contributed by atoms with Crippen LogP contribution in [0.15, 0.2) is 0 Å². The smallest absolute Gasteiger partial charge is 0.220 e. The minimum Gasteiger partial charge on any atom is -0.353 e. The van der Waals surface area contributed by atoms with Gasteiger partial charge in [-0.2, -0.15) is 0 Å². The van der Waals surface area contributed by atoms with Crippen molar-refractivity contribution in [1.82, 2.24) is 10.6 Å². The summed E-state index contributed by atoms with van der Waals surface area (Å²) in [5.41, 5.74) is 0. The third-order valence-corrected chi connectivity index (χ3v) is 6.69. The molecule has 2 aliphatic rings. The zero-order chi connectivity index (χ0) is 17.7. The lowest BCUT2D eigenvalue weighted by Gasteiger charge is -2.35. The van der Waals surface area contributed by atoms with Gasteiger partial charge in [-0.05, 0) is 36.5 Å². The van der Waals surface area contributed by atoms with Crippen LogP contribution in [0.1, 0.15) is 79.1 Å². The van der Waals surface area contributed by atoms with Crippen molar-refractivity contribution in [1.29, 1.82) is 0 Å². The molecule has 0 aromatic heterocycles. The molecule has 0 aromatic carbocycles. The first-order chi connectivity index (χ1) is 11.4. The molecule has 4 heteroatoms. The minimum absolute atomic E-state index is 0.0289.